The monoisotopic (exact) mass is 679 g/mol. The second-order valence-corrected chi connectivity index (χ2v) is 14.7. The smallest absolute Gasteiger partial charge is 0.328 e. The molecule has 10 aromatic rings. The van der Waals surface area contributed by atoms with E-state index in [0.29, 0.717) is 0 Å². The Morgan fingerprint density at radius 1 is 0.462 bits per heavy atom. The lowest BCUT2D eigenvalue weighted by atomic mass is 9.45. The highest BCUT2D eigenvalue weighted by atomic mass is 32.1. The van der Waals surface area contributed by atoms with Gasteiger partial charge in [0.15, 0.2) is 0 Å². The van der Waals surface area contributed by atoms with Crippen molar-refractivity contribution in [1.29, 1.82) is 0 Å². The van der Waals surface area contributed by atoms with Crippen LogP contribution in [-0.2, 0) is 0 Å². The standard InChI is InChI=1S/C48H30BNOS/c1-2-12-34(13-3-1)50-44-29-26-32(36-18-11-20-41-39-16-6-9-23-46(39)52-48(36)41)30-42(44)37-14-4-7-21-43(37)49(50)33-27-24-31(25-28-33)35-17-10-19-40-38-15-5-8-22-45(38)51-47(35)40/h1-30H. The van der Waals surface area contributed by atoms with Crippen LogP contribution in [0.25, 0.3) is 75.5 Å². The summed E-state index contributed by atoms with van der Waals surface area (Å²) in [5.74, 6) is 0. The first-order chi connectivity index (χ1) is 25.8. The second kappa shape index (κ2) is 11.6. The summed E-state index contributed by atoms with van der Waals surface area (Å²) in [7, 11) is 0. The zero-order valence-corrected chi connectivity index (χ0v) is 29.0. The van der Waals surface area contributed by atoms with Gasteiger partial charge in [-0.15, -0.1) is 11.3 Å². The van der Waals surface area contributed by atoms with Crippen LogP contribution >= 0.6 is 11.3 Å². The maximum Gasteiger partial charge on any atom is 0.328 e. The summed E-state index contributed by atoms with van der Waals surface area (Å²) in [6.07, 6.45) is 0. The molecule has 0 radical (unpaired) electrons. The molecule has 0 spiro atoms. The molecule has 0 amide bonds. The van der Waals surface area contributed by atoms with Crippen LogP contribution in [0.2, 0.25) is 0 Å². The van der Waals surface area contributed by atoms with Gasteiger partial charge in [0.2, 0.25) is 0 Å². The Kier molecular flexibility index (Phi) is 6.55. The fraction of sp³-hybridized carbons (Fsp3) is 0. The van der Waals surface area contributed by atoms with Crippen LogP contribution in [0.1, 0.15) is 0 Å². The van der Waals surface area contributed by atoms with Gasteiger partial charge in [0, 0.05) is 53.4 Å². The van der Waals surface area contributed by atoms with E-state index in [4.69, 9.17) is 4.42 Å². The third-order valence-corrected chi connectivity index (χ3v) is 12.0. The average molecular weight is 680 g/mol. The molecule has 242 valence electrons. The van der Waals surface area contributed by atoms with Crippen molar-refractivity contribution in [2.45, 2.75) is 0 Å². The highest BCUT2D eigenvalue weighted by molar-refractivity contribution is 7.26. The van der Waals surface area contributed by atoms with E-state index in [1.165, 1.54) is 64.7 Å². The Morgan fingerprint density at radius 3 is 2.02 bits per heavy atom. The zero-order chi connectivity index (χ0) is 34.2. The molecule has 4 heteroatoms. The quantitative estimate of drug-likeness (QED) is 0.172. The van der Waals surface area contributed by atoms with Gasteiger partial charge in [-0.25, -0.2) is 0 Å². The molecular weight excluding hydrogens is 649 g/mol. The van der Waals surface area contributed by atoms with Crippen LogP contribution in [0.3, 0.4) is 0 Å². The van der Waals surface area contributed by atoms with Crippen molar-refractivity contribution in [2.24, 2.45) is 0 Å². The van der Waals surface area contributed by atoms with Crippen molar-refractivity contribution in [1.82, 2.24) is 0 Å². The van der Waals surface area contributed by atoms with Crippen LogP contribution in [0.5, 0.6) is 0 Å². The molecular formula is C48H30BNOS. The first kappa shape index (κ1) is 29.4. The molecule has 0 fully saturated rings. The van der Waals surface area contributed by atoms with Crippen molar-refractivity contribution in [2.75, 3.05) is 4.81 Å². The topological polar surface area (TPSA) is 16.4 Å². The van der Waals surface area contributed by atoms with Gasteiger partial charge in [-0.3, -0.25) is 0 Å². The van der Waals surface area contributed by atoms with Crippen molar-refractivity contribution in [3.63, 3.8) is 0 Å². The zero-order valence-electron chi connectivity index (χ0n) is 28.2. The molecule has 3 heterocycles. The van der Waals surface area contributed by atoms with E-state index in [1.807, 2.05) is 23.5 Å². The summed E-state index contributed by atoms with van der Waals surface area (Å²) in [6, 6.07) is 66.2. The number of benzene rings is 8. The Bertz CT molecular complexity index is 2980. The average Bonchev–Trinajstić information content (AvgIpc) is 3.79. The van der Waals surface area contributed by atoms with E-state index in [9.17, 15) is 0 Å². The fourth-order valence-electron chi connectivity index (χ4n) is 8.39. The van der Waals surface area contributed by atoms with Crippen LogP contribution < -0.4 is 15.7 Å². The molecule has 0 unspecified atom stereocenters. The minimum absolute atomic E-state index is 0.0148. The minimum atomic E-state index is -0.0148. The third kappa shape index (κ3) is 4.44. The lowest BCUT2D eigenvalue weighted by Crippen LogP contribution is -2.57. The molecule has 11 rings (SSSR count). The van der Waals surface area contributed by atoms with Crippen molar-refractivity contribution >= 4 is 82.6 Å². The first-order valence-electron chi connectivity index (χ1n) is 17.8. The summed E-state index contributed by atoms with van der Waals surface area (Å²) in [6.45, 7) is -0.0148. The van der Waals surface area contributed by atoms with Gasteiger partial charge in [-0.2, -0.15) is 0 Å². The number of rotatable bonds is 4. The molecule has 52 heavy (non-hydrogen) atoms. The minimum Gasteiger partial charge on any atom is -0.455 e. The molecule has 0 bridgehead atoms. The number of furan rings is 1. The highest BCUT2D eigenvalue weighted by Gasteiger charge is 2.37. The molecule has 0 atom stereocenters. The number of para-hydroxylation sites is 3. The summed E-state index contributed by atoms with van der Waals surface area (Å²) in [5.41, 5.74) is 14.0. The van der Waals surface area contributed by atoms with E-state index in [-0.39, 0.29) is 6.85 Å². The van der Waals surface area contributed by atoms with Crippen LogP contribution in [0, 0.1) is 0 Å². The lowest BCUT2D eigenvalue weighted by Gasteiger charge is -2.39. The van der Waals surface area contributed by atoms with Crippen LogP contribution in [-0.4, -0.2) is 6.85 Å². The summed E-state index contributed by atoms with van der Waals surface area (Å²) < 4.78 is 9.08. The number of hydrogen-bond acceptors (Lipinski definition) is 3. The first-order valence-corrected chi connectivity index (χ1v) is 18.6. The highest BCUT2D eigenvalue weighted by Crippen LogP contribution is 2.45. The van der Waals surface area contributed by atoms with Crippen molar-refractivity contribution in [3.05, 3.63) is 182 Å². The lowest BCUT2D eigenvalue weighted by molar-refractivity contribution is 0.670. The van der Waals surface area contributed by atoms with E-state index in [2.05, 4.69) is 175 Å². The van der Waals surface area contributed by atoms with Crippen molar-refractivity contribution in [3.8, 4) is 33.4 Å². The SMILES string of the molecule is c1ccc(N2B(c3ccc(-c4cccc5c4oc4ccccc45)cc3)c3ccccc3-c3cc(-c4cccc5c4sc4ccccc45)ccc32)cc1. The van der Waals surface area contributed by atoms with Crippen LogP contribution in [0.4, 0.5) is 11.4 Å². The summed E-state index contributed by atoms with van der Waals surface area (Å²) in [4.78, 5) is 2.52. The molecule has 0 aliphatic carbocycles. The Balaban J connectivity index is 1.07. The Labute approximate surface area is 305 Å². The molecule has 8 aromatic carbocycles. The Morgan fingerprint density at radius 2 is 1.13 bits per heavy atom. The third-order valence-electron chi connectivity index (χ3n) is 10.8. The van der Waals surface area contributed by atoms with E-state index in [0.717, 1.165) is 33.1 Å². The second-order valence-electron chi connectivity index (χ2n) is 13.6. The van der Waals surface area contributed by atoms with Crippen molar-refractivity contribution < 1.29 is 4.42 Å². The van der Waals surface area contributed by atoms with E-state index >= 15 is 0 Å². The number of thiophene rings is 1. The maximum atomic E-state index is 6.42. The van der Waals surface area contributed by atoms with Gasteiger partial charge >= 0.3 is 6.85 Å². The molecule has 0 saturated heterocycles. The predicted octanol–water partition coefficient (Wildman–Crippen LogP) is 12.2. The number of anilines is 2. The number of nitrogens with zero attached hydrogens (tertiary/aromatic N) is 1. The summed E-state index contributed by atoms with van der Waals surface area (Å²) in [5, 5.41) is 4.94. The predicted molar refractivity (Wildman–Crippen MR) is 223 cm³/mol. The largest absolute Gasteiger partial charge is 0.455 e. The van der Waals surface area contributed by atoms with Gasteiger partial charge in [0.05, 0.1) is 0 Å². The molecule has 2 nitrogen and oxygen atoms in total. The normalized spacial score (nSPS) is 12.5. The van der Waals surface area contributed by atoms with E-state index < -0.39 is 0 Å². The molecule has 0 saturated carbocycles. The van der Waals surface area contributed by atoms with E-state index in [1.54, 1.807) is 0 Å². The van der Waals surface area contributed by atoms with Gasteiger partial charge in [-0.05, 0) is 64.1 Å². The summed E-state index contributed by atoms with van der Waals surface area (Å²) >= 11 is 1.89. The number of hydrogen-bond donors (Lipinski definition) is 0. The van der Waals surface area contributed by atoms with Gasteiger partial charge in [0.25, 0.3) is 0 Å². The van der Waals surface area contributed by atoms with Gasteiger partial charge < -0.3 is 9.23 Å². The molecule has 1 aliphatic rings. The fourth-order valence-corrected chi connectivity index (χ4v) is 9.63. The van der Waals surface area contributed by atoms with Crippen LogP contribution in [0.15, 0.2) is 186 Å². The maximum absolute atomic E-state index is 6.42. The molecule has 1 aliphatic heterocycles. The number of fused-ring (bicyclic) bond motifs is 9. The van der Waals surface area contributed by atoms with Gasteiger partial charge in [0.1, 0.15) is 11.2 Å². The molecule has 2 aromatic heterocycles. The van der Waals surface area contributed by atoms with Gasteiger partial charge in [-0.1, -0.05) is 151 Å². The molecule has 0 N–H and O–H groups in total. The Hall–Kier alpha value is -6.36.